The molecule has 2 aromatic carbocycles. The van der Waals surface area contributed by atoms with E-state index in [4.69, 9.17) is 21.1 Å². The van der Waals surface area contributed by atoms with Crippen molar-refractivity contribution < 1.29 is 45.0 Å². The average molecular weight is 629 g/mol. The number of esters is 1. The van der Waals surface area contributed by atoms with Gasteiger partial charge < -0.3 is 14.2 Å². The Bertz CT molecular complexity index is 1590. The van der Waals surface area contributed by atoms with Gasteiger partial charge in [-0.2, -0.15) is 13.2 Å². The Kier molecular flexibility index (Phi) is 9.31. The number of anilines is 1. The molecular weight excluding hydrogens is 604 g/mol. The van der Waals surface area contributed by atoms with E-state index in [1.165, 1.54) is 56.5 Å². The average Bonchev–Trinajstić information content (AvgIpc) is 2.94. The summed E-state index contributed by atoms with van der Waals surface area (Å²) in [6, 6.07) is 9.13. The van der Waals surface area contributed by atoms with E-state index in [1.807, 2.05) is 0 Å². The number of rotatable bonds is 9. The molecule has 1 aliphatic heterocycles. The van der Waals surface area contributed by atoms with E-state index in [-0.39, 0.29) is 48.0 Å². The molecule has 0 saturated carbocycles. The molecule has 0 amide bonds. The normalized spacial score (nSPS) is 15.3. The molecule has 0 saturated heterocycles. The molecule has 0 radical (unpaired) electrons. The number of hydrogen-bond acceptors (Lipinski definition) is 7. The molecule has 42 heavy (non-hydrogen) atoms. The number of ether oxygens (including phenoxy) is 3. The third-order valence-electron chi connectivity index (χ3n) is 6.25. The molecule has 14 heteroatoms. The topological polar surface area (TPSA) is 95.0 Å². The largest absolute Gasteiger partial charge is 0.486 e. The molecule has 8 nitrogen and oxygen atoms in total. The number of alkyl halides is 3. The molecule has 2 heterocycles. The number of benzene rings is 2. The summed E-state index contributed by atoms with van der Waals surface area (Å²) in [5.74, 6) is -1.53. The van der Waals surface area contributed by atoms with E-state index < -0.39 is 50.4 Å². The molecule has 4 rings (SSSR count). The minimum Gasteiger partial charge on any atom is -0.486 e. The van der Waals surface area contributed by atoms with E-state index in [1.54, 1.807) is 6.07 Å². The van der Waals surface area contributed by atoms with Gasteiger partial charge in [0.25, 0.3) is 10.0 Å². The third-order valence-corrected chi connectivity index (χ3v) is 8.35. The number of nitrogens with zero attached hydrogens (tertiary/aromatic N) is 2. The molecule has 224 valence electrons. The predicted molar refractivity (Wildman–Crippen MR) is 147 cm³/mol. The number of carbonyl (C=O) groups excluding carboxylic acids is 1. The van der Waals surface area contributed by atoms with Gasteiger partial charge in [0.15, 0.2) is 4.90 Å². The van der Waals surface area contributed by atoms with Gasteiger partial charge in [-0.05, 0) is 55.3 Å². The SMILES string of the molecule is CCOc1ncc(C(F)(F)F)cc1S(=O)(=O)N1C[C@H](CCC(=O)OC)Oc2ccc(/C=C/c3c(F)cccc3Cl)cc21. The Morgan fingerprint density at radius 1 is 1.21 bits per heavy atom. The van der Waals surface area contributed by atoms with Crippen molar-refractivity contribution in [3.8, 4) is 11.6 Å². The highest BCUT2D eigenvalue weighted by Crippen LogP contribution is 2.41. The van der Waals surface area contributed by atoms with Crippen LogP contribution in [0.3, 0.4) is 0 Å². The van der Waals surface area contributed by atoms with Gasteiger partial charge >= 0.3 is 12.1 Å². The first-order valence-electron chi connectivity index (χ1n) is 12.6. The summed E-state index contributed by atoms with van der Waals surface area (Å²) in [5, 5.41) is 0.158. The Morgan fingerprint density at radius 2 is 1.98 bits per heavy atom. The lowest BCUT2D eigenvalue weighted by Crippen LogP contribution is -2.44. The van der Waals surface area contributed by atoms with Crippen LogP contribution in [-0.4, -0.2) is 45.7 Å². The minimum atomic E-state index is -4.88. The van der Waals surface area contributed by atoms with Crippen molar-refractivity contribution in [2.24, 2.45) is 0 Å². The van der Waals surface area contributed by atoms with Crippen molar-refractivity contribution in [3.63, 3.8) is 0 Å². The van der Waals surface area contributed by atoms with Gasteiger partial charge in [-0.3, -0.25) is 9.10 Å². The first-order chi connectivity index (χ1) is 19.8. The van der Waals surface area contributed by atoms with E-state index in [9.17, 15) is 30.8 Å². The van der Waals surface area contributed by atoms with Gasteiger partial charge in [-0.1, -0.05) is 29.8 Å². The van der Waals surface area contributed by atoms with Crippen molar-refractivity contribution in [2.45, 2.75) is 36.9 Å². The molecule has 0 bridgehead atoms. The monoisotopic (exact) mass is 628 g/mol. The number of hydrogen-bond donors (Lipinski definition) is 0. The number of fused-ring (bicyclic) bond motifs is 1. The Balaban J connectivity index is 1.82. The number of carbonyl (C=O) groups is 1. The summed E-state index contributed by atoms with van der Waals surface area (Å²) in [6.07, 6.45) is -2.36. The van der Waals surface area contributed by atoms with Gasteiger partial charge in [-0.15, -0.1) is 0 Å². The van der Waals surface area contributed by atoms with Crippen LogP contribution in [0.1, 0.15) is 36.5 Å². The van der Waals surface area contributed by atoms with Crippen LogP contribution >= 0.6 is 11.6 Å². The zero-order chi connectivity index (χ0) is 30.7. The van der Waals surface area contributed by atoms with Crippen molar-refractivity contribution in [1.29, 1.82) is 0 Å². The smallest absolute Gasteiger partial charge is 0.417 e. The maximum Gasteiger partial charge on any atom is 0.417 e. The maximum atomic E-state index is 14.3. The standard InChI is InChI=1S/C28H25ClF4N2O6S/c1-3-40-27-25(14-18(15-34-27)28(31,32)33)42(37,38)35-16-19(9-12-26(36)39-2)41-24-11-8-17(13-23(24)35)7-10-20-21(29)5-4-6-22(20)30/h4-8,10-11,13-15,19H,3,9,12,16H2,1-2H3/b10-7+/t19-/m0/s1. The highest BCUT2D eigenvalue weighted by molar-refractivity contribution is 7.93. The van der Waals surface area contributed by atoms with Gasteiger partial charge in [0, 0.05) is 18.2 Å². The van der Waals surface area contributed by atoms with Gasteiger partial charge in [0.1, 0.15) is 17.7 Å². The molecule has 0 fully saturated rings. The molecule has 0 N–H and O–H groups in total. The Labute approximate surface area is 244 Å². The second kappa shape index (κ2) is 12.6. The first kappa shape index (κ1) is 31.1. The van der Waals surface area contributed by atoms with Crippen LogP contribution in [0.4, 0.5) is 23.2 Å². The van der Waals surface area contributed by atoms with Crippen molar-refractivity contribution in [1.82, 2.24) is 4.98 Å². The highest BCUT2D eigenvalue weighted by atomic mass is 35.5. The summed E-state index contributed by atoms with van der Waals surface area (Å²) < 4.78 is 99.9. The van der Waals surface area contributed by atoms with E-state index in [0.717, 1.165) is 4.31 Å². The zero-order valence-corrected chi connectivity index (χ0v) is 23.9. The summed E-state index contributed by atoms with van der Waals surface area (Å²) in [5.41, 5.74) is -0.751. The fourth-order valence-corrected chi connectivity index (χ4v) is 6.01. The maximum absolute atomic E-state index is 14.3. The van der Waals surface area contributed by atoms with Gasteiger partial charge in [0.2, 0.25) is 5.88 Å². The molecule has 1 aromatic heterocycles. The number of halogens is 5. The molecule has 0 unspecified atom stereocenters. The summed E-state index contributed by atoms with van der Waals surface area (Å²) in [7, 11) is -3.54. The second-order valence-electron chi connectivity index (χ2n) is 9.04. The number of methoxy groups -OCH3 is 1. The third kappa shape index (κ3) is 6.79. The Morgan fingerprint density at radius 3 is 2.64 bits per heavy atom. The number of aromatic nitrogens is 1. The molecule has 1 atom stereocenters. The van der Waals surface area contributed by atoms with Crippen LogP contribution in [0.2, 0.25) is 5.02 Å². The van der Waals surface area contributed by atoms with Crippen molar-refractivity contribution in [2.75, 3.05) is 24.6 Å². The van der Waals surface area contributed by atoms with Crippen LogP contribution in [-0.2, 0) is 25.7 Å². The fourth-order valence-electron chi connectivity index (χ4n) is 4.18. The molecule has 1 aliphatic rings. The first-order valence-corrected chi connectivity index (χ1v) is 14.4. The number of sulfonamides is 1. The number of pyridine rings is 1. The fraction of sp³-hybridized carbons (Fsp3) is 0.286. The lowest BCUT2D eigenvalue weighted by Gasteiger charge is -2.36. The van der Waals surface area contributed by atoms with Crippen LogP contribution in [0.15, 0.2) is 53.6 Å². The van der Waals surface area contributed by atoms with Gasteiger partial charge in [-0.25, -0.2) is 17.8 Å². The van der Waals surface area contributed by atoms with Crippen LogP contribution in [0, 0.1) is 5.82 Å². The molecular formula is C28H25ClF4N2O6S. The lowest BCUT2D eigenvalue weighted by molar-refractivity contribution is -0.141. The van der Waals surface area contributed by atoms with E-state index in [2.05, 4.69) is 9.72 Å². The summed E-state index contributed by atoms with van der Waals surface area (Å²) >= 11 is 6.10. The van der Waals surface area contributed by atoms with Crippen LogP contribution < -0.4 is 13.8 Å². The van der Waals surface area contributed by atoms with Gasteiger partial charge in [0.05, 0.1) is 36.5 Å². The zero-order valence-electron chi connectivity index (χ0n) is 22.3. The van der Waals surface area contributed by atoms with Crippen molar-refractivity contribution in [3.05, 3.63) is 76.2 Å². The molecule has 3 aromatic rings. The summed E-state index contributed by atoms with van der Waals surface area (Å²) in [6.45, 7) is 1.12. The highest BCUT2D eigenvalue weighted by Gasteiger charge is 2.39. The van der Waals surface area contributed by atoms with Crippen molar-refractivity contribution >= 4 is 45.4 Å². The molecule has 0 aliphatic carbocycles. The lowest BCUT2D eigenvalue weighted by atomic mass is 10.1. The summed E-state index contributed by atoms with van der Waals surface area (Å²) in [4.78, 5) is 14.6. The minimum absolute atomic E-state index is 0.00552. The molecule has 0 spiro atoms. The van der Waals surface area contributed by atoms with E-state index >= 15 is 0 Å². The Hall–Kier alpha value is -3.84. The second-order valence-corrected chi connectivity index (χ2v) is 11.3. The quantitative estimate of drug-likeness (QED) is 0.154. The predicted octanol–water partition coefficient (Wildman–Crippen LogP) is 6.37. The van der Waals surface area contributed by atoms with E-state index in [0.29, 0.717) is 17.8 Å². The van der Waals surface area contributed by atoms with Crippen LogP contribution in [0.5, 0.6) is 11.6 Å². The van der Waals surface area contributed by atoms with Crippen LogP contribution in [0.25, 0.3) is 12.2 Å².